The van der Waals surface area contributed by atoms with Gasteiger partial charge in [0.15, 0.2) is 0 Å². The van der Waals surface area contributed by atoms with Crippen molar-refractivity contribution in [2.24, 2.45) is 5.92 Å². The van der Waals surface area contributed by atoms with Crippen LogP contribution in [-0.2, 0) is 14.3 Å². The predicted molar refractivity (Wildman–Crippen MR) is 43.3 cm³/mol. The summed E-state index contributed by atoms with van der Waals surface area (Å²) >= 11 is 0. The molecule has 3 heteroatoms. The third kappa shape index (κ3) is 1.26. The van der Waals surface area contributed by atoms with Gasteiger partial charge in [0.2, 0.25) is 0 Å². The summed E-state index contributed by atoms with van der Waals surface area (Å²) in [6.07, 6.45) is 0.568. The van der Waals surface area contributed by atoms with E-state index in [1.54, 1.807) is 0 Å². The molecule has 0 saturated carbocycles. The van der Waals surface area contributed by atoms with Gasteiger partial charge in [0.05, 0.1) is 5.57 Å². The number of carbonyl (C=O) groups is 2. The van der Waals surface area contributed by atoms with Gasteiger partial charge in [0, 0.05) is 5.57 Å². The van der Waals surface area contributed by atoms with Gasteiger partial charge >= 0.3 is 11.9 Å². The molecule has 0 aliphatic carbocycles. The fourth-order valence-electron chi connectivity index (χ4n) is 1.35. The molecule has 0 N–H and O–H groups in total. The molecule has 1 heterocycles. The van der Waals surface area contributed by atoms with Gasteiger partial charge in [-0.05, 0) is 12.3 Å². The molecule has 0 spiro atoms. The Bertz CT molecular complexity index is 261. The highest BCUT2D eigenvalue weighted by Crippen LogP contribution is 2.25. The maximum Gasteiger partial charge on any atom is 0.342 e. The van der Waals surface area contributed by atoms with E-state index in [1.165, 1.54) is 0 Å². The van der Waals surface area contributed by atoms with Gasteiger partial charge in [-0.2, -0.15) is 0 Å². The Morgan fingerprint density at radius 2 is 1.83 bits per heavy atom. The minimum Gasteiger partial charge on any atom is -0.386 e. The molecule has 0 aromatic rings. The summed E-state index contributed by atoms with van der Waals surface area (Å²) in [6, 6.07) is 0. The Hall–Kier alpha value is -1.12. The van der Waals surface area contributed by atoms with Gasteiger partial charge in [-0.1, -0.05) is 20.8 Å². The van der Waals surface area contributed by atoms with Crippen LogP contribution in [0.1, 0.15) is 27.2 Å². The molecule has 1 aliphatic rings. The van der Waals surface area contributed by atoms with Crippen LogP contribution in [0.5, 0.6) is 0 Å². The number of hydrogen-bond donors (Lipinski definition) is 0. The fourth-order valence-corrected chi connectivity index (χ4v) is 1.35. The monoisotopic (exact) mass is 168 g/mol. The van der Waals surface area contributed by atoms with E-state index in [-0.39, 0.29) is 5.92 Å². The van der Waals surface area contributed by atoms with Gasteiger partial charge in [0.25, 0.3) is 0 Å². The summed E-state index contributed by atoms with van der Waals surface area (Å²) in [5.41, 5.74) is 1.08. The smallest absolute Gasteiger partial charge is 0.342 e. The average molecular weight is 168 g/mol. The van der Waals surface area contributed by atoms with Crippen LogP contribution >= 0.6 is 0 Å². The number of ether oxygens (including phenoxy) is 1. The number of rotatable bonds is 2. The quantitative estimate of drug-likeness (QED) is 0.462. The highest BCUT2D eigenvalue weighted by Gasteiger charge is 2.32. The second-order valence-corrected chi connectivity index (χ2v) is 3.08. The zero-order chi connectivity index (χ0) is 9.30. The lowest BCUT2D eigenvalue weighted by atomic mass is 9.98. The van der Waals surface area contributed by atoms with Crippen molar-refractivity contribution >= 4 is 11.9 Å². The normalized spacial score (nSPS) is 17.7. The Balaban J connectivity index is 3.09. The number of hydrogen-bond acceptors (Lipinski definition) is 3. The highest BCUT2D eigenvalue weighted by molar-refractivity contribution is 6.12. The first kappa shape index (κ1) is 8.97. The van der Waals surface area contributed by atoms with Crippen LogP contribution in [0.4, 0.5) is 0 Å². The van der Waals surface area contributed by atoms with Gasteiger partial charge in [-0.25, -0.2) is 9.59 Å². The zero-order valence-electron chi connectivity index (χ0n) is 7.51. The van der Waals surface area contributed by atoms with Gasteiger partial charge in [-0.3, -0.25) is 0 Å². The number of carbonyl (C=O) groups excluding carboxylic acids is 2. The van der Waals surface area contributed by atoms with E-state index in [0.717, 1.165) is 0 Å². The van der Waals surface area contributed by atoms with Crippen LogP contribution in [-0.4, -0.2) is 11.9 Å². The van der Waals surface area contributed by atoms with E-state index < -0.39 is 11.9 Å². The molecule has 0 fully saturated rings. The van der Waals surface area contributed by atoms with Crippen molar-refractivity contribution in [1.82, 2.24) is 0 Å². The molecule has 66 valence electrons. The molecule has 0 amide bonds. The van der Waals surface area contributed by atoms with Crippen molar-refractivity contribution in [1.29, 1.82) is 0 Å². The van der Waals surface area contributed by atoms with E-state index in [4.69, 9.17) is 0 Å². The first-order valence-electron chi connectivity index (χ1n) is 4.07. The lowest BCUT2D eigenvalue weighted by molar-refractivity contribution is -0.151. The van der Waals surface area contributed by atoms with Crippen molar-refractivity contribution in [3.63, 3.8) is 0 Å². The average Bonchev–Trinajstić information content (AvgIpc) is 2.24. The first-order chi connectivity index (χ1) is 5.57. The van der Waals surface area contributed by atoms with Crippen LogP contribution in [0.25, 0.3) is 0 Å². The topological polar surface area (TPSA) is 43.4 Å². The third-order valence-electron chi connectivity index (χ3n) is 1.91. The Morgan fingerprint density at radius 1 is 1.25 bits per heavy atom. The molecule has 0 bridgehead atoms. The summed E-state index contributed by atoms with van der Waals surface area (Å²) in [7, 11) is 0. The minimum atomic E-state index is -0.466. The Kier molecular flexibility index (Phi) is 2.31. The van der Waals surface area contributed by atoms with Crippen LogP contribution in [0.3, 0.4) is 0 Å². The maximum absolute atomic E-state index is 11.1. The van der Waals surface area contributed by atoms with Gasteiger partial charge in [-0.15, -0.1) is 0 Å². The Morgan fingerprint density at radius 3 is 2.17 bits per heavy atom. The Labute approximate surface area is 71.4 Å². The third-order valence-corrected chi connectivity index (χ3v) is 1.91. The van der Waals surface area contributed by atoms with E-state index in [1.807, 2.05) is 20.8 Å². The molecule has 3 nitrogen and oxygen atoms in total. The second kappa shape index (κ2) is 3.09. The zero-order valence-corrected chi connectivity index (χ0v) is 7.51. The second-order valence-electron chi connectivity index (χ2n) is 3.08. The molecule has 0 unspecified atom stereocenters. The molecule has 0 atom stereocenters. The highest BCUT2D eigenvalue weighted by atomic mass is 16.6. The van der Waals surface area contributed by atoms with E-state index in [0.29, 0.717) is 17.6 Å². The predicted octanol–water partition coefficient (Wildman–Crippen LogP) is 1.43. The SMILES string of the molecule is CCC1=C(C(C)C)C(=O)OC1=O. The van der Waals surface area contributed by atoms with Gasteiger partial charge < -0.3 is 4.74 Å². The first-order valence-corrected chi connectivity index (χ1v) is 4.07. The fraction of sp³-hybridized carbons (Fsp3) is 0.556. The maximum atomic E-state index is 11.1. The largest absolute Gasteiger partial charge is 0.386 e. The van der Waals surface area contributed by atoms with Gasteiger partial charge in [0.1, 0.15) is 0 Å². The van der Waals surface area contributed by atoms with Crippen molar-refractivity contribution in [2.75, 3.05) is 0 Å². The summed E-state index contributed by atoms with van der Waals surface area (Å²) in [5, 5.41) is 0. The molecule has 0 radical (unpaired) electrons. The molecule has 0 saturated heterocycles. The summed E-state index contributed by atoms with van der Waals surface area (Å²) in [4.78, 5) is 22.1. The summed E-state index contributed by atoms with van der Waals surface area (Å²) in [6.45, 7) is 5.60. The van der Waals surface area contributed by atoms with Crippen LogP contribution in [0.15, 0.2) is 11.1 Å². The molecular formula is C9H12O3. The standard InChI is InChI=1S/C9H12O3/c1-4-6-7(5(2)3)9(11)12-8(6)10/h5H,4H2,1-3H3. The van der Waals surface area contributed by atoms with E-state index in [2.05, 4.69) is 4.74 Å². The van der Waals surface area contributed by atoms with Crippen LogP contribution in [0, 0.1) is 5.92 Å². The van der Waals surface area contributed by atoms with E-state index >= 15 is 0 Å². The molecule has 12 heavy (non-hydrogen) atoms. The van der Waals surface area contributed by atoms with E-state index in [9.17, 15) is 9.59 Å². The minimum absolute atomic E-state index is 0.0684. The lowest BCUT2D eigenvalue weighted by Gasteiger charge is -2.02. The van der Waals surface area contributed by atoms with Crippen molar-refractivity contribution in [2.45, 2.75) is 27.2 Å². The lowest BCUT2D eigenvalue weighted by Crippen LogP contribution is -2.05. The molecule has 1 rings (SSSR count). The van der Waals surface area contributed by atoms with Crippen molar-refractivity contribution in [3.05, 3.63) is 11.1 Å². The molecule has 0 aromatic carbocycles. The summed E-state index contributed by atoms with van der Waals surface area (Å²) < 4.78 is 4.49. The van der Waals surface area contributed by atoms with Crippen LogP contribution < -0.4 is 0 Å². The van der Waals surface area contributed by atoms with Crippen LogP contribution in [0.2, 0.25) is 0 Å². The molecule has 0 aromatic heterocycles. The molecular weight excluding hydrogens is 156 g/mol. The van der Waals surface area contributed by atoms with Crippen molar-refractivity contribution in [3.8, 4) is 0 Å². The number of esters is 2. The molecule has 1 aliphatic heterocycles. The summed E-state index contributed by atoms with van der Waals surface area (Å²) in [5.74, 6) is -0.864. The van der Waals surface area contributed by atoms with Crippen molar-refractivity contribution < 1.29 is 14.3 Å². The number of cyclic esters (lactones) is 2.